The number of hydrogen-bond donors (Lipinski definition) is 4. The van der Waals surface area contributed by atoms with Crippen molar-refractivity contribution in [2.24, 2.45) is 5.92 Å². The lowest BCUT2D eigenvalue weighted by atomic mass is 9.73. The predicted molar refractivity (Wildman–Crippen MR) is 119 cm³/mol. The Kier molecular flexibility index (Phi) is 11.2. The Labute approximate surface area is 202 Å². The van der Waals surface area contributed by atoms with Crippen LogP contribution in [0.15, 0.2) is 23.5 Å². The highest BCUT2D eigenvalue weighted by Gasteiger charge is 2.62. The molecule has 0 bridgehead atoms. The zero-order chi connectivity index (χ0) is 26.2. The van der Waals surface area contributed by atoms with Crippen LogP contribution in [0.1, 0.15) is 12.8 Å². The van der Waals surface area contributed by atoms with Gasteiger partial charge in [-0.15, -0.1) is 0 Å². The fourth-order valence-corrected chi connectivity index (χ4v) is 4.56. The number of carbonyl (C=O) groups excluding carboxylic acids is 1. The Morgan fingerprint density at radius 2 is 1.91 bits per heavy atom. The summed E-state index contributed by atoms with van der Waals surface area (Å²) in [5, 5.41) is 28.8. The minimum Gasteiger partial charge on any atom is -0.380 e. The van der Waals surface area contributed by atoms with Crippen LogP contribution in [0.4, 0.5) is 0 Å². The molecule has 0 radical (unpaired) electrons. The standard InChI is InChI=1S/C15H24BrN4O12PS/c1-34(29,30)32-10-8-17-12-4-3-11(19(22)23)13(15(12,5-6-16)20(24)25)14(21)18-7-2-9-31-33(26,27)28/h3-4,13,17H,2,5-10H2,1H3,(H,18,21)(H2,26,27,28). The molecule has 4 N–H and O–H groups in total. The van der Waals surface area contributed by atoms with E-state index in [1.807, 2.05) is 0 Å². The van der Waals surface area contributed by atoms with Crippen LogP contribution in [0.25, 0.3) is 0 Å². The lowest BCUT2D eigenvalue weighted by Gasteiger charge is -2.34. The van der Waals surface area contributed by atoms with Gasteiger partial charge in [-0.2, -0.15) is 8.42 Å². The highest BCUT2D eigenvalue weighted by Crippen LogP contribution is 2.40. The number of nitro groups is 2. The summed E-state index contributed by atoms with van der Waals surface area (Å²) in [6.45, 7) is -1.29. The number of rotatable bonds is 15. The SMILES string of the molecule is CS(=O)(=O)OCCNC1=CC=C([N+](=O)[O-])C(C(=O)NCCCOP(=O)(O)O)C1(CCBr)[N+](=O)[O-]. The summed E-state index contributed by atoms with van der Waals surface area (Å²) >= 11 is 3.07. The van der Waals surface area contributed by atoms with E-state index in [1.165, 1.54) is 0 Å². The first-order valence-corrected chi connectivity index (χ1v) is 14.0. The molecule has 16 nitrogen and oxygen atoms in total. The zero-order valence-corrected chi connectivity index (χ0v) is 21.1. The molecule has 0 aromatic carbocycles. The molecular formula is C15H24BrN4O12PS. The van der Waals surface area contributed by atoms with Gasteiger partial charge in [0.15, 0.2) is 0 Å². The largest absolute Gasteiger partial charge is 0.469 e. The molecule has 19 heteroatoms. The Hall–Kier alpha value is -1.95. The minimum atomic E-state index is -4.72. The molecule has 2 unspecified atom stereocenters. The number of halogens is 1. The average Bonchev–Trinajstić information content (AvgIpc) is 2.69. The predicted octanol–water partition coefficient (Wildman–Crippen LogP) is -0.357. The molecule has 0 aromatic heterocycles. The summed E-state index contributed by atoms with van der Waals surface area (Å²) < 4.78 is 41.7. The van der Waals surface area contributed by atoms with Gasteiger partial charge >= 0.3 is 7.82 Å². The average molecular weight is 595 g/mol. The van der Waals surface area contributed by atoms with Crippen molar-refractivity contribution >= 4 is 39.8 Å². The van der Waals surface area contributed by atoms with Crippen molar-refractivity contribution in [1.82, 2.24) is 10.6 Å². The van der Waals surface area contributed by atoms with Crippen LogP contribution in [-0.2, 0) is 28.2 Å². The molecule has 0 heterocycles. The van der Waals surface area contributed by atoms with Gasteiger partial charge in [-0.05, 0) is 12.5 Å². The molecule has 0 aliphatic heterocycles. The second-order valence-corrected chi connectivity index (χ2v) is 10.6. The van der Waals surface area contributed by atoms with Crippen LogP contribution >= 0.6 is 23.8 Å². The van der Waals surface area contributed by atoms with E-state index in [9.17, 15) is 38.0 Å². The molecule has 1 aliphatic rings. The van der Waals surface area contributed by atoms with Crippen LogP contribution in [0.5, 0.6) is 0 Å². The first kappa shape index (κ1) is 30.1. The second kappa shape index (κ2) is 12.7. The Bertz CT molecular complexity index is 997. The molecule has 1 rings (SSSR count). The van der Waals surface area contributed by atoms with Crippen molar-refractivity contribution in [2.75, 3.05) is 37.9 Å². The quantitative estimate of drug-likeness (QED) is 0.0473. The maximum Gasteiger partial charge on any atom is 0.469 e. The summed E-state index contributed by atoms with van der Waals surface area (Å²) in [6.07, 6.45) is 2.40. The molecule has 0 fully saturated rings. The smallest absolute Gasteiger partial charge is 0.380 e. The number of nitrogens with one attached hydrogen (secondary N) is 2. The molecule has 1 amide bonds. The monoisotopic (exact) mass is 594 g/mol. The lowest BCUT2D eigenvalue weighted by Crippen LogP contribution is -2.59. The fraction of sp³-hybridized carbons (Fsp3) is 0.667. The van der Waals surface area contributed by atoms with E-state index in [0.717, 1.165) is 18.4 Å². The summed E-state index contributed by atoms with van der Waals surface area (Å²) in [5.41, 5.74) is -3.21. The third-order valence-corrected chi connectivity index (χ3v) is 6.04. The molecule has 0 spiro atoms. The van der Waals surface area contributed by atoms with Gasteiger partial charge in [-0.1, -0.05) is 15.9 Å². The van der Waals surface area contributed by atoms with Crippen LogP contribution in [0, 0.1) is 26.1 Å². The molecule has 0 saturated heterocycles. The fourth-order valence-electron chi connectivity index (χ4n) is 3.20. The molecule has 2 atom stereocenters. The third-order valence-electron chi connectivity index (χ3n) is 4.53. The molecule has 0 aromatic rings. The number of amides is 1. The van der Waals surface area contributed by atoms with Gasteiger partial charge in [0.05, 0.1) is 30.1 Å². The van der Waals surface area contributed by atoms with Gasteiger partial charge in [0.2, 0.25) is 11.8 Å². The zero-order valence-electron chi connectivity index (χ0n) is 17.8. The van der Waals surface area contributed by atoms with E-state index in [-0.39, 0.29) is 43.6 Å². The molecule has 1 aliphatic carbocycles. The summed E-state index contributed by atoms with van der Waals surface area (Å²) in [7, 11) is -8.50. The Morgan fingerprint density at radius 3 is 2.41 bits per heavy atom. The van der Waals surface area contributed by atoms with E-state index in [2.05, 4.69) is 35.3 Å². The number of hydrogen-bond acceptors (Lipinski definition) is 11. The maximum absolute atomic E-state index is 12.9. The first-order chi connectivity index (χ1) is 15.7. The summed E-state index contributed by atoms with van der Waals surface area (Å²) in [4.78, 5) is 52.4. The van der Waals surface area contributed by atoms with Gasteiger partial charge in [0.1, 0.15) is 0 Å². The van der Waals surface area contributed by atoms with Gasteiger partial charge in [0.25, 0.3) is 21.4 Å². The van der Waals surface area contributed by atoms with Gasteiger partial charge in [-0.25, -0.2) is 4.57 Å². The highest BCUT2D eigenvalue weighted by atomic mass is 79.9. The number of carbonyl (C=O) groups is 1. The first-order valence-electron chi connectivity index (χ1n) is 9.49. The van der Waals surface area contributed by atoms with Crippen LogP contribution in [0.3, 0.4) is 0 Å². The Balaban J connectivity index is 3.20. The number of phosphoric ester groups is 1. The maximum atomic E-state index is 12.9. The molecular weight excluding hydrogens is 571 g/mol. The number of nitrogens with zero attached hydrogens (tertiary/aromatic N) is 2. The molecule has 0 saturated carbocycles. The van der Waals surface area contributed by atoms with Crippen molar-refractivity contribution in [3.05, 3.63) is 43.8 Å². The number of phosphoric acid groups is 1. The second-order valence-electron chi connectivity index (χ2n) is 6.90. The minimum absolute atomic E-state index is 0.0161. The summed E-state index contributed by atoms with van der Waals surface area (Å²) in [6, 6.07) is 0. The van der Waals surface area contributed by atoms with Crippen molar-refractivity contribution in [3.63, 3.8) is 0 Å². The van der Waals surface area contributed by atoms with Crippen molar-refractivity contribution < 1.29 is 46.1 Å². The van der Waals surface area contributed by atoms with Crippen LogP contribution in [0.2, 0.25) is 0 Å². The van der Waals surface area contributed by atoms with Gasteiger partial charge in [-0.3, -0.25) is 33.7 Å². The van der Waals surface area contributed by atoms with Gasteiger partial charge in [0, 0.05) is 35.8 Å². The van der Waals surface area contributed by atoms with Crippen molar-refractivity contribution in [2.45, 2.75) is 18.4 Å². The number of alkyl halides is 1. The van der Waals surface area contributed by atoms with E-state index >= 15 is 0 Å². The molecule has 34 heavy (non-hydrogen) atoms. The van der Waals surface area contributed by atoms with E-state index < -0.39 is 57.5 Å². The van der Waals surface area contributed by atoms with Gasteiger partial charge < -0.3 is 20.4 Å². The normalized spacial score (nSPS) is 20.8. The molecule has 194 valence electrons. The topological polar surface area (TPSA) is 238 Å². The van der Waals surface area contributed by atoms with E-state index in [0.29, 0.717) is 0 Å². The van der Waals surface area contributed by atoms with Crippen LogP contribution < -0.4 is 10.6 Å². The van der Waals surface area contributed by atoms with E-state index in [4.69, 9.17) is 9.79 Å². The van der Waals surface area contributed by atoms with Crippen LogP contribution in [-0.4, -0.2) is 77.4 Å². The Morgan fingerprint density at radius 1 is 1.26 bits per heavy atom. The number of allylic oxidation sites excluding steroid dienone is 2. The van der Waals surface area contributed by atoms with Crippen molar-refractivity contribution in [3.8, 4) is 0 Å². The lowest BCUT2D eigenvalue weighted by molar-refractivity contribution is -0.573. The van der Waals surface area contributed by atoms with Crippen molar-refractivity contribution in [1.29, 1.82) is 0 Å². The van der Waals surface area contributed by atoms with E-state index in [1.54, 1.807) is 0 Å². The third kappa shape index (κ3) is 8.68. The summed E-state index contributed by atoms with van der Waals surface area (Å²) in [5.74, 6) is -2.95. The highest BCUT2D eigenvalue weighted by molar-refractivity contribution is 9.09.